The SMILES string of the molecule is O=C(Cc1ccccc1)Nc1ccc2n(c1=O)CC1CC2CN(CCCc2ccccc2)C1. The number of pyridine rings is 1. The number of piperidine rings is 1. The van der Waals surface area contributed by atoms with Gasteiger partial charge in [-0.05, 0) is 55.0 Å². The Kier molecular flexibility index (Phi) is 6.40. The van der Waals surface area contributed by atoms with E-state index < -0.39 is 0 Å². The fourth-order valence-corrected chi connectivity index (χ4v) is 5.45. The number of carbonyl (C=O) groups is 1. The molecule has 0 saturated carbocycles. The smallest absolute Gasteiger partial charge is 0.274 e. The van der Waals surface area contributed by atoms with Crippen LogP contribution in [0.1, 0.15) is 35.6 Å². The van der Waals surface area contributed by atoms with Gasteiger partial charge in [-0.25, -0.2) is 0 Å². The number of carbonyl (C=O) groups excluding carboxylic acids is 1. The lowest BCUT2D eigenvalue weighted by atomic mass is 9.83. The predicted molar refractivity (Wildman–Crippen MR) is 132 cm³/mol. The van der Waals surface area contributed by atoms with Gasteiger partial charge in [0.25, 0.3) is 5.56 Å². The van der Waals surface area contributed by atoms with E-state index in [1.165, 1.54) is 5.56 Å². The molecule has 170 valence electrons. The maximum atomic E-state index is 13.2. The highest BCUT2D eigenvalue weighted by molar-refractivity contribution is 5.92. The van der Waals surface area contributed by atoms with E-state index in [1.807, 2.05) is 41.0 Å². The van der Waals surface area contributed by atoms with Crippen molar-refractivity contribution < 1.29 is 4.79 Å². The second kappa shape index (κ2) is 9.75. The van der Waals surface area contributed by atoms with E-state index in [1.54, 1.807) is 6.07 Å². The van der Waals surface area contributed by atoms with Crippen LogP contribution in [0.2, 0.25) is 0 Å². The number of hydrogen-bond donors (Lipinski definition) is 1. The summed E-state index contributed by atoms with van der Waals surface area (Å²) in [6.07, 6.45) is 3.68. The number of nitrogens with one attached hydrogen (secondary N) is 1. The molecule has 0 spiro atoms. The molecule has 2 bridgehead atoms. The first kappa shape index (κ1) is 21.7. The first-order chi connectivity index (χ1) is 16.2. The Morgan fingerprint density at radius 2 is 1.61 bits per heavy atom. The molecule has 1 fully saturated rings. The van der Waals surface area contributed by atoms with Crippen molar-refractivity contribution in [2.45, 2.75) is 38.1 Å². The van der Waals surface area contributed by atoms with E-state index in [4.69, 9.17) is 0 Å². The van der Waals surface area contributed by atoms with Gasteiger partial charge in [0.05, 0.1) is 6.42 Å². The molecule has 33 heavy (non-hydrogen) atoms. The Balaban J connectivity index is 1.23. The van der Waals surface area contributed by atoms with Crippen molar-refractivity contribution in [1.29, 1.82) is 0 Å². The molecule has 1 amide bonds. The molecular formula is C28H31N3O2. The lowest BCUT2D eigenvalue weighted by Crippen LogP contribution is -2.47. The van der Waals surface area contributed by atoms with E-state index >= 15 is 0 Å². The van der Waals surface area contributed by atoms with E-state index in [0.29, 0.717) is 17.5 Å². The van der Waals surface area contributed by atoms with E-state index in [-0.39, 0.29) is 17.9 Å². The number of fused-ring (bicyclic) bond motifs is 4. The maximum absolute atomic E-state index is 13.2. The number of aromatic nitrogens is 1. The molecule has 2 aromatic carbocycles. The average molecular weight is 442 g/mol. The summed E-state index contributed by atoms with van der Waals surface area (Å²) in [5.41, 5.74) is 3.77. The van der Waals surface area contributed by atoms with Gasteiger partial charge in [-0.15, -0.1) is 0 Å². The van der Waals surface area contributed by atoms with Crippen LogP contribution in [0.25, 0.3) is 0 Å². The van der Waals surface area contributed by atoms with Crippen LogP contribution in [0.15, 0.2) is 77.6 Å². The van der Waals surface area contributed by atoms with Crippen molar-refractivity contribution in [3.63, 3.8) is 0 Å². The third kappa shape index (κ3) is 5.09. The number of amides is 1. The number of rotatable bonds is 7. The number of likely N-dealkylation sites (tertiary alicyclic amines) is 1. The second-order valence-electron chi connectivity index (χ2n) is 9.45. The van der Waals surface area contributed by atoms with Crippen molar-refractivity contribution in [3.05, 3.63) is 100.0 Å². The number of anilines is 1. The molecule has 2 atom stereocenters. The van der Waals surface area contributed by atoms with Gasteiger partial charge in [0.15, 0.2) is 0 Å². The summed E-state index contributed by atoms with van der Waals surface area (Å²) in [5, 5.41) is 2.84. The molecule has 3 heterocycles. The molecule has 1 saturated heterocycles. The van der Waals surface area contributed by atoms with Gasteiger partial charge in [0.1, 0.15) is 5.69 Å². The van der Waals surface area contributed by atoms with Gasteiger partial charge in [-0.3, -0.25) is 9.59 Å². The molecule has 2 aliphatic rings. The summed E-state index contributed by atoms with van der Waals surface area (Å²) in [6, 6.07) is 24.1. The van der Waals surface area contributed by atoms with Crippen LogP contribution >= 0.6 is 0 Å². The van der Waals surface area contributed by atoms with Gasteiger partial charge in [-0.1, -0.05) is 60.7 Å². The van der Waals surface area contributed by atoms with Crippen molar-refractivity contribution in [1.82, 2.24) is 9.47 Å². The number of hydrogen-bond acceptors (Lipinski definition) is 3. The van der Waals surface area contributed by atoms with Gasteiger partial charge >= 0.3 is 0 Å². The third-order valence-corrected chi connectivity index (χ3v) is 6.94. The average Bonchev–Trinajstić information content (AvgIpc) is 2.82. The fraction of sp³-hybridized carbons (Fsp3) is 0.357. The molecular weight excluding hydrogens is 410 g/mol. The molecule has 0 aliphatic carbocycles. The summed E-state index contributed by atoms with van der Waals surface area (Å²) < 4.78 is 1.91. The van der Waals surface area contributed by atoms with Crippen LogP contribution in [0, 0.1) is 5.92 Å². The van der Waals surface area contributed by atoms with Gasteiger partial charge < -0.3 is 14.8 Å². The molecule has 5 nitrogen and oxygen atoms in total. The zero-order chi connectivity index (χ0) is 22.6. The first-order valence-electron chi connectivity index (χ1n) is 12.0. The summed E-state index contributed by atoms with van der Waals surface area (Å²) >= 11 is 0. The van der Waals surface area contributed by atoms with Crippen LogP contribution < -0.4 is 10.9 Å². The first-order valence-corrected chi connectivity index (χ1v) is 12.0. The fourth-order valence-electron chi connectivity index (χ4n) is 5.45. The monoisotopic (exact) mass is 441 g/mol. The zero-order valence-corrected chi connectivity index (χ0v) is 19.0. The Hall–Kier alpha value is -3.18. The van der Waals surface area contributed by atoms with Gasteiger partial charge in [0.2, 0.25) is 5.91 Å². The van der Waals surface area contributed by atoms with Crippen molar-refractivity contribution >= 4 is 11.6 Å². The molecule has 5 heteroatoms. The number of nitrogens with zero attached hydrogens (tertiary/aromatic N) is 2. The predicted octanol–water partition coefficient (Wildman–Crippen LogP) is 4.08. The highest BCUT2D eigenvalue weighted by Gasteiger charge is 2.34. The van der Waals surface area contributed by atoms with Crippen LogP contribution in [-0.4, -0.2) is 35.0 Å². The van der Waals surface area contributed by atoms with Gasteiger partial charge in [-0.2, -0.15) is 0 Å². The van der Waals surface area contributed by atoms with Crippen LogP contribution in [0.4, 0.5) is 5.69 Å². The molecule has 0 radical (unpaired) electrons. The van der Waals surface area contributed by atoms with Gasteiger partial charge in [0, 0.05) is 31.2 Å². The van der Waals surface area contributed by atoms with Crippen molar-refractivity contribution in [2.75, 3.05) is 25.0 Å². The van der Waals surface area contributed by atoms with E-state index in [0.717, 1.165) is 56.7 Å². The zero-order valence-electron chi connectivity index (χ0n) is 19.0. The normalized spacial score (nSPS) is 19.6. The van der Waals surface area contributed by atoms with Crippen LogP contribution in [0.5, 0.6) is 0 Å². The summed E-state index contributed by atoms with van der Waals surface area (Å²) in [5.74, 6) is 0.719. The number of benzene rings is 2. The quantitative estimate of drug-likeness (QED) is 0.601. The van der Waals surface area contributed by atoms with Crippen LogP contribution in [-0.2, 0) is 24.2 Å². The largest absolute Gasteiger partial charge is 0.321 e. The van der Waals surface area contributed by atoms with E-state index in [9.17, 15) is 9.59 Å². The molecule has 1 N–H and O–H groups in total. The molecule has 2 unspecified atom stereocenters. The minimum absolute atomic E-state index is 0.0684. The Morgan fingerprint density at radius 3 is 2.36 bits per heavy atom. The highest BCUT2D eigenvalue weighted by Crippen LogP contribution is 2.35. The minimum Gasteiger partial charge on any atom is -0.321 e. The number of aryl methyl sites for hydroxylation is 1. The Morgan fingerprint density at radius 1 is 0.879 bits per heavy atom. The summed E-state index contributed by atoms with van der Waals surface area (Å²) in [4.78, 5) is 28.2. The van der Waals surface area contributed by atoms with E-state index in [2.05, 4.69) is 40.5 Å². The Labute approximate surface area is 195 Å². The second-order valence-corrected chi connectivity index (χ2v) is 9.45. The third-order valence-electron chi connectivity index (χ3n) is 6.94. The molecule has 2 aliphatic heterocycles. The van der Waals surface area contributed by atoms with Crippen molar-refractivity contribution in [3.8, 4) is 0 Å². The Bertz CT molecular complexity index is 1160. The highest BCUT2D eigenvalue weighted by atomic mass is 16.2. The maximum Gasteiger partial charge on any atom is 0.274 e. The lowest BCUT2D eigenvalue weighted by molar-refractivity contribution is -0.115. The summed E-state index contributed by atoms with van der Waals surface area (Å²) in [6.45, 7) is 3.88. The summed E-state index contributed by atoms with van der Waals surface area (Å²) in [7, 11) is 0. The topological polar surface area (TPSA) is 54.3 Å². The molecule has 3 aromatic rings. The molecule has 5 rings (SSSR count). The standard InChI is InChI=1S/C28H31N3O2/c32-27(17-22-10-5-2-6-11-22)29-25-13-14-26-24-16-23(19-31(26)28(25)33)18-30(20-24)15-7-12-21-8-3-1-4-9-21/h1-6,8-11,13-14,23-24H,7,12,15-20H2,(H,29,32). The van der Waals surface area contributed by atoms with Crippen LogP contribution in [0.3, 0.4) is 0 Å². The molecule has 1 aromatic heterocycles. The minimum atomic E-state index is -0.153. The lowest BCUT2D eigenvalue weighted by Gasteiger charge is -2.43. The van der Waals surface area contributed by atoms with Crippen molar-refractivity contribution in [2.24, 2.45) is 5.92 Å².